The SMILES string of the molecule is Cc1cccc(F)c1NC(=O)c1cc2c(s1)-c1ccccc1N(C(=O)c1ccc(NC(=O)c3cc4c(nc3N3CC5(CCOCC5)C3)CCCC4)cc1)CC2. The molecule has 280 valence electrons. The maximum absolute atomic E-state index is 14.5. The standard InChI is InChI=1S/C44H42FN5O4S/c1-27-7-6-10-34(45)38(27)48-42(52)37-24-30-17-20-50(36-12-5-3-9-32(36)39(30)55-37)43(53)28-13-15-31(16-14-28)46-41(51)33-23-29-8-2-4-11-35(29)47-40(33)49-25-44(26-49)18-21-54-22-19-44/h3,5-7,9-10,12-16,23-24H,2,4,8,11,17-22,25-26H2,1H3,(H,46,51)(H,48,52). The Morgan fingerprint density at radius 1 is 0.855 bits per heavy atom. The number of halogens is 1. The summed E-state index contributed by atoms with van der Waals surface area (Å²) in [6, 6.07) is 23.4. The van der Waals surface area contributed by atoms with Crippen molar-refractivity contribution in [1.29, 1.82) is 0 Å². The van der Waals surface area contributed by atoms with E-state index in [2.05, 4.69) is 15.5 Å². The highest BCUT2D eigenvalue weighted by Crippen LogP contribution is 2.44. The molecule has 3 aliphatic heterocycles. The highest BCUT2D eigenvalue weighted by Gasteiger charge is 2.45. The lowest BCUT2D eigenvalue weighted by atomic mass is 9.73. The number of aromatic nitrogens is 1. The number of nitrogens with one attached hydrogen (secondary N) is 2. The molecule has 2 N–H and O–H groups in total. The van der Waals surface area contributed by atoms with Crippen molar-refractivity contribution in [2.45, 2.75) is 51.9 Å². The Bertz CT molecular complexity index is 2310. The van der Waals surface area contributed by atoms with Crippen LogP contribution >= 0.6 is 11.3 Å². The van der Waals surface area contributed by atoms with Gasteiger partial charge in [-0.1, -0.05) is 30.3 Å². The second-order valence-corrected chi connectivity index (χ2v) is 16.3. The molecule has 0 saturated carbocycles. The summed E-state index contributed by atoms with van der Waals surface area (Å²) < 4.78 is 20.1. The van der Waals surface area contributed by atoms with E-state index in [0.29, 0.717) is 40.2 Å². The topological polar surface area (TPSA) is 104 Å². The van der Waals surface area contributed by atoms with Crippen molar-refractivity contribution in [1.82, 2.24) is 4.98 Å². The fourth-order valence-corrected chi connectivity index (χ4v) is 9.64. The number of nitrogens with zero attached hydrogens (tertiary/aromatic N) is 3. The lowest BCUT2D eigenvalue weighted by molar-refractivity contribution is -0.000525. The average Bonchev–Trinajstić information content (AvgIpc) is 3.56. The van der Waals surface area contributed by atoms with Gasteiger partial charge in [0.05, 0.1) is 21.8 Å². The molecule has 0 atom stereocenters. The summed E-state index contributed by atoms with van der Waals surface area (Å²) in [5.41, 5.74) is 7.60. The molecule has 55 heavy (non-hydrogen) atoms. The van der Waals surface area contributed by atoms with E-state index in [1.807, 2.05) is 36.4 Å². The van der Waals surface area contributed by atoms with Crippen molar-refractivity contribution < 1.29 is 23.5 Å². The number of hydrogen-bond acceptors (Lipinski definition) is 7. The van der Waals surface area contributed by atoms with Crippen molar-refractivity contribution in [3.05, 3.63) is 123 Å². The molecule has 1 spiro atoms. The van der Waals surface area contributed by atoms with Crippen LogP contribution < -0.4 is 20.4 Å². The lowest BCUT2D eigenvalue weighted by Gasteiger charge is -2.53. The van der Waals surface area contributed by atoms with Crippen molar-refractivity contribution in [2.24, 2.45) is 5.41 Å². The Balaban J connectivity index is 0.920. The van der Waals surface area contributed by atoms with Crippen LogP contribution in [0.15, 0.2) is 78.9 Å². The Morgan fingerprint density at radius 3 is 2.44 bits per heavy atom. The van der Waals surface area contributed by atoms with E-state index in [-0.39, 0.29) is 28.8 Å². The van der Waals surface area contributed by atoms with E-state index in [0.717, 1.165) is 104 Å². The minimum atomic E-state index is -0.479. The highest BCUT2D eigenvalue weighted by molar-refractivity contribution is 7.17. The Morgan fingerprint density at radius 2 is 1.64 bits per heavy atom. The summed E-state index contributed by atoms with van der Waals surface area (Å²) >= 11 is 1.34. The third-order valence-electron chi connectivity index (χ3n) is 11.6. The second kappa shape index (κ2) is 14.4. The van der Waals surface area contributed by atoms with Gasteiger partial charge in [-0.05, 0) is 117 Å². The number of anilines is 4. The number of aryl methyl sites for hydroxylation is 3. The zero-order valence-corrected chi connectivity index (χ0v) is 31.6. The number of amides is 3. The minimum absolute atomic E-state index is 0.158. The molecule has 2 fully saturated rings. The first-order valence-corrected chi connectivity index (χ1v) is 19.9. The van der Waals surface area contributed by atoms with Gasteiger partial charge >= 0.3 is 0 Å². The zero-order valence-electron chi connectivity index (χ0n) is 30.8. The average molecular weight is 756 g/mol. The smallest absolute Gasteiger partial charge is 0.265 e. The molecule has 9 nitrogen and oxygen atoms in total. The summed E-state index contributed by atoms with van der Waals surface area (Å²) in [5.74, 6) is -0.439. The number of rotatable bonds is 6. The maximum Gasteiger partial charge on any atom is 0.265 e. The van der Waals surface area contributed by atoms with Gasteiger partial charge in [0.1, 0.15) is 11.6 Å². The van der Waals surface area contributed by atoms with Gasteiger partial charge in [-0.3, -0.25) is 14.4 Å². The van der Waals surface area contributed by atoms with Gasteiger partial charge in [0.2, 0.25) is 0 Å². The van der Waals surface area contributed by atoms with Crippen molar-refractivity contribution in [2.75, 3.05) is 53.3 Å². The number of hydrogen-bond donors (Lipinski definition) is 2. The fourth-order valence-electron chi connectivity index (χ4n) is 8.50. The first-order chi connectivity index (χ1) is 26.7. The Kier molecular flexibility index (Phi) is 9.22. The summed E-state index contributed by atoms with van der Waals surface area (Å²) in [7, 11) is 0. The van der Waals surface area contributed by atoms with Crippen LogP contribution in [0.5, 0.6) is 0 Å². The summed E-state index contributed by atoms with van der Waals surface area (Å²) in [6.07, 6.45) is 6.70. The third-order valence-corrected chi connectivity index (χ3v) is 12.8. The quantitative estimate of drug-likeness (QED) is 0.180. The Hall–Kier alpha value is -5.39. The number of ether oxygens (including phenoxy) is 1. The molecule has 2 saturated heterocycles. The van der Waals surface area contributed by atoms with Crippen molar-refractivity contribution >= 4 is 51.9 Å². The maximum atomic E-state index is 14.5. The summed E-state index contributed by atoms with van der Waals surface area (Å²) in [6.45, 7) is 5.52. The van der Waals surface area contributed by atoms with E-state index in [4.69, 9.17) is 9.72 Å². The number of pyridine rings is 1. The van der Waals surface area contributed by atoms with Gasteiger partial charge in [-0.15, -0.1) is 11.3 Å². The van der Waals surface area contributed by atoms with Crippen LogP contribution in [0.25, 0.3) is 10.4 Å². The molecule has 0 radical (unpaired) electrons. The molecule has 3 amide bonds. The van der Waals surface area contributed by atoms with Gasteiger partial charge in [-0.2, -0.15) is 0 Å². The van der Waals surface area contributed by atoms with E-state index < -0.39 is 5.82 Å². The molecular weight excluding hydrogens is 714 g/mol. The first kappa shape index (κ1) is 35.3. The zero-order chi connectivity index (χ0) is 37.7. The number of carbonyl (C=O) groups excluding carboxylic acids is 3. The lowest BCUT2D eigenvalue weighted by Crippen LogP contribution is -2.59. The molecule has 3 aromatic carbocycles. The molecule has 4 aliphatic rings. The Labute approximate surface area is 323 Å². The van der Waals surface area contributed by atoms with Gasteiger partial charge < -0.3 is 25.2 Å². The van der Waals surface area contributed by atoms with Crippen LogP contribution in [0, 0.1) is 18.2 Å². The number of fused-ring (bicyclic) bond motifs is 4. The van der Waals surface area contributed by atoms with Crippen LogP contribution in [-0.4, -0.2) is 55.6 Å². The molecular formula is C44H42FN5O4S. The van der Waals surface area contributed by atoms with Gasteiger partial charge in [0.25, 0.3) is 17.7 Å². The first-order valence-electron chi connectivity index (χ1n) is 19.1. The summed E-state index contributed by atoms with van der Waals surface area (Å²) in [4.78, 5) is 51.9. The van der Waals surface area contributed by atoms with Gasteiger partial charge in [0.15, 0.2) is 0 Å². The molecule has 1 aliphatic carbocycles. The molecule has 9 rings (SSSR count). The second-order valence-electron chi connectivity index (χ2n) is 15.2. The molecule has 5 heterocycles. The van der Waals surface area contributed by atoms with E-state index in [1.54, 1.807) is 48.2 Å². The predicted octanol–water partition coefficient (Wildman–Crippen LogP) is 8.46. The number of para-hydroxylation sites is 2. The van der Waals surface area contributed by atoms with E-state index in [9.17, 15) is 18.8 Å². The van der Waals surface area contributed by atoms with Gasteiger partial charge in [-0.25, -0.2) is 9.37 Å². The van der Waals surface area contributed by atoms with E-state index >= 15 is 0 Å². The van der Waals surface area contributed by atoms with Crippen LogP contribution in [0.1, 0.15) is 78.5 Å². The highest BCUT2D eigenvalue weighted by atomic mass is 32.1. The molecule has 5 aromatic rings. The largest absolute Gasteiger partial charge is 0.381 e. The molecule has 11 heteroatoms. The molecule has 2 aromatic heterocycles. The molecule has 0 unspecified atom stereocenters. The van der Waals surface area contributed by atoms with Crippen LogP contribution in [0.4, 0.5) is 27.3 Å². The third kappa shape index (κ3) is 6.69. The molecule has 0 bridgehead atoms. The summed E-state index contributed by atoms with van der Waals surface area (Å²) in [5, 5.41) is 5.84. The van der Waals surface area contributed by atoms with Gasteiger partial charge in [0, 0.05) is 65.6 Å². The number of thiophene rings is 1. The normalized spacial score (nSPS) is 17.0. The fraction of sp³-hybridized carbons (Fsp3) is 0.318. The minimum Gasteiger partial charge on any atom is -0.381 e. The number of carbonyl (C=O) groups is 3. The van der Waals surface area contributed by atoms with Crippen LogP contribution in [0.2, 0.25) is 0 Å². The monoisotopic (exact) mass is 755 g/mol. The van der Waals surface area contributed by atoms with Crippen molar-refractivity contribution in [3.63, 3.8) is 0 Å². The van der Waals surface area contributed by atoms with Crippen LogP contribution in [-0.2, 0) is 24.0 Å². The number of benzene rings is 3. The van der Waals surface area contributed by atoms with E-state index in [1.165, 1.54) is 17.4 Å². The van der Waals surface area contributed by atoms with Crippen LogP contribution in [0.3, 0.4) is 0 Å². The predicted molar refractivity (Wildman–Crippen MR) is 214 cm³/mol. The van der Waals surface area contributed by atoms with Crippen molar-refractivity contribution in [3.8, 4) is 10.4 Å².